The molecule has 0 radical (unpaired) electrons. The number of para-hydroxylation sites is 1. The van der Waals surface area contributed by atoms with Gasteiger partial charge in [0.25, 0.3) is 0 Å². The van der Waals surface area contributed by atoms with Crippen molar-refractivity contribution in [2.45, 2.75) is 26.2 Å². The SMILES string of the molecule is CN(C)S(=O)(=O)N(CC(=O)NCCOc1ccc(C(C)(C)C)cc1)c1ccccc1. The summed E-state index contributed by atoms with van der Waals surface area (Å²) in [4.78, 5) is 12.4. The molecular weight excluding hydrogens is 402 g/mol. The Hall–Kier alpha value is -2.58. The van der Waals surface area contributed by atoms with E-state index < -0.39 is 16.1 Å². The molecule has 0 fully saturated rings. The highest BCUT2D eigenvalue weighted by atomic mass is 32.2. The molecule has 1 N–H and O–H groups in total. The molecule has 2 aromatic rings. The Labute approximate surface area is 179 Å². The van der Waals surface area contributed by atoms with Crippen LogP contribution in [0.25, 0.3) is 0 Å². The van der Waals surface area contributed by atoms with Crippen LogP contribution in [0.2, 0.25) is 0 Å². The van der Waals surface area contributed by atoms with E-state index >= 15 is 0 Å². The average molecular weight is 434 g/mol. The summed E-state index contributed by atoms with van der Waals surface area (Å²) in [7, 11) is -0.937. The number of nitrogens with zero attached hydrogens (tertiary/aromatic N) is 2. The first-order valence-corrected chi connectivity index (χ1v) is 11.2. The second kappa shape index (κ2) is 9.95. The molecule has 0 spiro atoms. The molecule has 7 nitrogen and oxygen atoms in total. The number of anilines is 1. The van der Waals surface area contributed by atoms with Crippen LogP contribution in [-0.2, 0) is 20.4 Å². The Morgan fingerprint density at radius 1 is 1.00 bits per heavy atom. The van der Waals surface area contributed by atoms with Crippen LogP contribution in [0.3, 0.4) is 0 Å². The first-order valence-electron chi connectivity index (χ1n) is 9.77. The molecule has 0 heterocycles. The third-order valence-electron chi connectivity index (χ3n) is 4.48. The largest absolute Gasteiger partial charge is 0.492 e. The zero-order chi connectivity index (χ0) is 22.4. The molecule has 0 saturated heterocycles. The number of carbonyl (C=O) groups is 1. The van der Waals surface area contributed by atoms with Crippen molar-refractivity contribution in [3.8, 4) is 5.75 Å². The molecule has 2 rings (SSSR count). The predicted molar refractivity (Wildman–Crippen MR) is 120 cm³/mol. The van der Waals surface area contributed by atoms with Gasteiger partial charge < -0.3 is 10.1 Å². The van der Waals surface area contributed by atoms with Crippen LogP contribution in [-0.4, -0.2) is 52.4 Å². The highest BCUT2D eigenvalue weighted by Crippen LogP contribution is 2.24. The molecule has 0 aliphatic rings. The van der Waals surface area contributed by atoms with Crippen molar-refractivity contribution in [1.82, 2.24) is 9.62 Å². The number of amides is 1. The molecule has 0 bridgehead atoms. The predicted octanol–water partition coefficient (Wildman–Crippen LogP) is 2.79. The fraction of sp³-hybridized carbons (Fsp3) is 0.409. The molecule has 164 valence electrons. The van der Waals surface area contributed by atoms with Gasteiger partial charge in [0.1, 0.15) is 18.9 Å². The lowest BCUT2D eigenvalue weighted by molar-refractivity contribution is -0.119. The van der Waals surface area contributed by atoms with Crippen molar-refractivity contribution < 1.29 is 17.9 Å². The first kappa shape index (κ1) is 23.7. The van der Waals surface area contributed by atoms with Crippen LogP contribution in [0, 0.1) is 0 Å². The summed E-state index contributed by atoms with van der Waals surface area (Å²) in [6.45, 7) is 6.68. The summed E-state index contributed by atoms with van der Waals surface area (Å²) in [6.07, 6.45) is 0. The summed E-state index contributed by atoms with van der Waals surface area (Å²) in [5.74, 6) is 0.314. The van der Waals surface area contributed by atoms with Gasteiger partial charge >= 0.3 is 10.2 Å². The number of rotatable bonds is 9. The van der Waals surface area contributed by atoms with Gasteiger partial charge in [-0.15, -0.1) is 0 Å². The van der Waals surface area contributed by atoms with Crippen molar-refractivity contribution in [1.29, 1.82) is 0 Å². The van der Waals surface area contributed by atoms with E-state index in [1.165, 1.54) is 19.7 Å². The minimum absolute atomic E-state index is 0.0734. The Morgan fingerprint density at radius 2 is 1.60 bits per heavy atom. The van der Waals surface area contributed by atoms with Gasteiger partial charge in [0.15, 0.2) is 0 Å². The van der Waals surface area contributed by atoms with Gasteiger partial charge in [-0.05, 0) is 35.2 Å². The van der Waals surface area contributed by atoms with Crippen molar-refractivity contribution in [2.75, 3.05) is 38.1 Å². The number of hydrogen-bond acceptors (Lipinski definition) is 4. The molecule has 0 aliphatic heterocycles. The first-order chi connectivity index (χ1) is 14.0. The van der Waals surface area contributed by atoms with Crippen molar-refractivity contribution in [3.63, 3.8) is 0 Å². The van der Waals surface area contributed by atoms with E-state index in [1.54, 1.807) is 30.3 Å². The number of ether oxygens (including phenoxy) is 1. The third kappa shape index (κ3) is 6.47. The molecule has 1 amide bonds. The van der Waals surface area contributed by atoms with Gasteiger partial charge in [0, 0.05) is 14.1 Å². The van der Waals surface area contributed by atoms with Gasteiger partial charge in [0.2, 0.25) is 5.91 Å². The molecular formula is C22H31N3O4S. The third-order valence-corrected chi connectivity index (χ3v) is 6.30. The summed E-state index contributed by atoms with van der Waals surface area (Å²) < 4.78 is 33.1. The number of carbonyl (C=O) groups excluding carboxylic acids is 1. The van der Waals surface area contributed by atoms with Gasteiger partial charge in [-0.1, -0.05) is 51.1 Å². The average Bonchev–Trinajstić information content (AvgIpc) is 2.69. The smallest absolute Gasteiger partial charge is 0.304 e. The van der Waals surface area contributed by atoms with Crippen LogP contribution in [0.5, 0.6) is 5.75 Å². The maximum atomic E-state index is 12.6. The Morgan fingerprint density at radius 3 is 2.13 bits per heavy atom. The van der Waals surface area contributed by atoms with Crippen LogP contribution >= 0.6 is 0 Å². The van der Waals surface area contributed by atoms with Crippen LogP contribution in [0.4, 0.5) is 5.69 Å². The second-order valence-electron chi connectivity index (χ2n) is 8.11. The maximum absolute atomic E-state index is 12.6. The molecule has 0 aromatic heterocycles. The zero-order valence-corrected chi connectivity index (χ0v) is 19.1. The van der Waals surface area contributed by atoms with Crippen molar-refractivity contribution in [2.24, 2.45) is 0 Å². The van der Waals surface area contributed by atoms with Gasteiger partial charge in [0.05, 0.1) is 12.2 Å². The van der Waals surface area contributed by atoms with Gasteiger partial charge in [-0.2, -0.15) is 12.7 Å². The zero-order valence-electron chi connectivity index (χ0n) is 18.3. The second-order valence-corrected chi connectivity index (χ2v) is 10.2. The molecule has 0 atom stereocenters. The van der Waals surface area contributed by atoms with E-state index in [0.717, 1.165) is 14.4 Å². The Kier molecular flexibility index (Phi) is 7.86. The topological polar surface area (TPSA) is 79.0 Å². The molecule has 30 heavy (non-hydrogen) atoms. The normalized spacial score (nSPS) is 11.9. The highest BCUT2D eigenvalue weighted by molar-refractivity contribution is 7.90. The monoisotopic (exact) mass is 433 g/mol. The van der Waals surface area contributed by atoms with E-state index in [9.17, 15) is 13.2 Å². The van der Waals surface area contributed by atoms with E-state index in [-0.39, 0.29) is 25.1 Å². The van der Waals surface area contributed by atoms with Crippen LogP contribution in [0.15, 0.2) is 54.6 Å². The van der Waals surface area contributed by atoms with Gasteiger partial charge in [-0.25, -0.2) is 4.31 Å². The van der Waals surface area contributed by atoms with Crippen LogP contribution < -0.4 is 14.4 Å². The fourth-order valence-corrected chi connectivity index (χ4v) is 3.76. The van der Waals surface area contributed by atoms with E-state index in [4.69, 9.17) is 4.74 Å². The summed E-state index contributed by atoms with van der Waals surface area (Å²) >= 11 is 0. The highest BCUT2D eigenvalue weighted by Gasteiger charge is 2.27. The summed E-state index contributed by atoms with van der Waals surface area (Å²) in [5.41, 5.74) is 1.71. The minimum atomic E-state index is -3.80. The quantitative estimate of drug-likeness (QED) is 0.617. The summed E-state index contributed by atoms with van der Waals surface area (Å²) in [6, 6.07) is 16.4. The number of hydrogen-bond donors (Lipinski definition) is 1. The van der Waals surface area contributed by atoms with E-state index in [1.807, 2.05) is 24.3 Å². The van der Waals surface area contributed by atoms with Gasteiger partial charge in [-0.3, -0.25) is 4.79 Å². The van der Waals surface area contributed by atoms with Crippen molar-refractivity contribution in [3.05, 3.63) is 60.2 Å². The lowest BCUT2D eigenvalue weighted by atomic mass is 9.87. The number of benzene rings is 2. The molecule has 2 aromatic carbocycles. The molecule has 0 unspecified atom stereocenters. The lowest BCUT2D eigenvalue weighted by Crippen LogP contribution is -2.46. The lowest BCUT2D eigenvalue weighted by Gasteiger charge is -2.26. The Balaban J connectivity index is 1.90. The number of nitrogens with one attached hydrogen (secondary N) is 1. The van der Waals surface area contributed by atoms with Crippen molar-refractivity contribution >= 4 is 21.8 Å². The fourth-order valence-electron chi connectivity index (χ4n) is 2.69. The Bertz CT molecular complexity index is 921. The van der Waals surface area contributed by atoms with E-state index in [0.29, 0.717) is 5.69 Å². The van der Waals surface area contributed by atoms with E-state index in [2.05, 4.69) is 26.1 Å². The molecule has 0 saturated carbocycles. The standard InChI is InChI=1S/C22H31N3O4S/c1-22(2,3)18-11-13-20(14-12-18)29-16-15-23-21(26)17-25(30(27,28)24(4)5)19-9-7-6-8-10-19/h6-14H,15-17H2,1-5H3,(H,23,26). The molecule has 0 aliphatic carbocycles. The maximum Gasteiger partial charge on any atom is 0.304 e. The molecule has 8 heteroatoms. The van der Waals surface area contributed by atoms with Crippen LogP contribution in [0.1, 0.15) is 26.3 Å². The summed E-state index contributed by atoms with van der Waals surface area (Å²) in [5, 5.41) is 2.71. The minimum Gasteiger partial charge on any atom is -0.492 e.